The van der Waals surface area contributed by atoms with Crippen LogP contribution in [0.2, 0.25) is 0 Å². The number of hydrogen-bond donors (Lipinski definition) is 3. The van der Waals surface area contributed by atoms with Gasteiger partial charge >= 0.3 is 6.16 Å². The highest BCUT2D eigenvalue weighted by Gasteiger charge is 2.54. The smallest absolute Gasteiger partial charge is 0.449 e. The molecule has 0 radical (unpaired) electrons. The minimum Gasteiger partial charge on any atom is -0.449 e. The first-order valence-electron chi connectivity index (χ1n) is 9.81. The monoisotopic (exact) mass is 402 g/mol. The summed E-state index contributed by atoms with van der Waals surface area (Å²) in [7, 11) is 0. The molecular formula is C20H23FN4O4. The molecule has 1 saturated heterocycles. The number of halogens is 1. The molecule has 5 N–H and O–H groups in total. The third kappa shape index (κ3) is 2.60. The second-order valence-corrected chi connectivity index (χ2v) is 8.60. The van der Waals surface area contributed by atoms with Crippen LogP contribution in [0.15, 0.2) is 11.0 Å². The van der Waals surface area contributed by atoms with Gasteiger partial charge in [0.25, 0.3) is 0 Å². The maximum Gasteiger partial charge on any atom is 0.511 e. The van der Waals surface area contributed by atoms with Gasteiger partial charge in [-0.2, -0.15) is 0 Å². The lowest BCUT2D eigenvalue weighted by atomic mass is 10.0. The number of anilines is 2. The number of nitrogens with zero attached hydrogens (tertiary/aromatic N) is 2. The van der Waals surface area contributed by atoms with Crippen molar-refractivity contribution in [3.8, 4) is 5.75 Å². The van der Waals surface area contributed by atoms with Gasteiger partial charge in [0.2, 0.25) is 5.43 Å². The Labute approximate surface area is 165 Å². The normalized spacial score (nSPS) is 22.4. The summed E-state index contributed by atoms with van der Waals surface area (Å²) < 4.78 is 21.9. The molecule has 2 aliphatic carbocycles. The first-order valence-corrected chi connectivity index (χ1v) is 9.81. The maximum atomic E-state index is 15.5. The highest BCUT2D eigenvalue weighted by Crippen LogP contribution is 2.54. The molecule has 3 fully saturated rings. The summed E-state index contributed by atoms with van der Waals surface area (Å²) in [5, 5.41) is 8.93. The van der Waals surface area contributed by atoms with Crippen LogP contribution in [-0.4, -0.2) is 35.0 Å². The lowest BCUT2D eigenvalue weighted by Gasteiger charge is -2.25. The zero-order chi connectivity index (χ0) is 20.7. The van der Waals surface area contributed by atoms with Crippen molar-refractivity contribution in [1.82, 2.24) is 4.57 Å². The van der Waals surface area contributed by atoms with Crippen molar-refractivity contribution in [2.24, 2.45) is 11.1 Å². The van der Waals surface area contributed by atoms with E-state index < -0.39 is 17.4 Å². The van der Waals surface area contributed by atoms with Gasteiger partial charge in [0, 0.05) is 30.6 Å². The first-order chi connectivity index (χ1) is 13.7. The average molecular weight is 402 g/mol. The van der Waals surface area contributed by atoms with E-state index in [0.717, 1.165) is 25.7 Å². The molecule has 0 bridgehead atoms. The van der Waals surface area contributed by atoms with Crippen LogP contribution in [-0.2, 0) is 0 Å². The van der Waals surface area contributed by atoms with Crippen LogP contribution in [0.4, 0.5) is 20.6 Å². The Balaban J connectivity index is 1.77. The molecule has 1 unspecified atom stereocenters. The predicted octanol–water partition coefficient (Wildman–Crippen LogP) is 2.35. The number of benzene rings is 1. The average Bonchev–Trinajstić information content (AvgIpc) is 3.55. The molecule has 0 amide bonds. The maximum absolute atomic E-state index is 15.5. The van der Waals surface area contributed by atoms with E-state index in [1.807, 2.05) is 9.47 Å². The minimum atomic E-state index is -1.60. The van der Waals surface area contributed by atoms with Gasteiger partial charge in [0.15, 0.2) is 11.6 Å². The summed E-state index contributed by atoms with van der Waals surface area (Å²) in [6.07, 6.45) is 3.65. The molecule has 1 spiro atoms. The van der Waals surface area contributed by atoms with Gasteiger partial charge in [0.1, 0.15) is 0 Å². The van der Waals surface area contributed by atoms with E-state index >= 15 is 4.39 Å². The number of carbonyl (C=O) groups is 1. The molecule has 154 valence electrons. The Morgan fingerprint density at radius 2 is 2.07 bits per heavy atom. The Bertz CT molecular complexity index is 1120. The molecule has 2 aromatic rings. The Morgan fingerprint density at radius 1 is 1.38 bits per heavy atom. The van der Waals surface area contributed by atoms with Crippen molar-refractivity contribution in [2.45, 2.75) is 44.7 Å². The van der Waals surface area contributed by atoms with E-state index in [-0.39, 0.29) is 34.3 Å². The lowest BCUT2D eigenvalue weighted by Crippen LogP contribution is -2.31. The molecule has 29 heavy (non-hydrogen) atoms. The molecule has 9 heteroatoms. The van der Waals surface area contributed by atoms with E-state index in [1.165, 1.54) is 6.20 Å². The second-order valence-electron chi connectivity index (χ2n) is 8.60. The third-order valence-electron chi connectivity index (χ3n) is 6.68. The number of nitrogens with two attached hydrogens (primary N) is 2. The summed E-state index contributed by atoms with van der Waals surface area (Å²) in [5.74, 6) is -1.03. The number of pyridine rings is 1. The van der Waals surface area contributed by atoms with E-state index in [1.54, 1.807) is 6.92 Å². The number of ether oxygens (including phenoxy) is 1. The van der Waals surface area contributed by atoms with Gasteiger partial charge in [-0.3, -0.25) is 4.79 Å². The Kier molecular flexibility index (Phi) is 3.68. The van der Waals surface area contributed by atoms with Gasteiger partial charge in [-0.05, 0) is 38.2 Å². The summed E-state index contributed by atoms with van der Waals surface area (Å²) >= 11 is 0. The highest BCUT2D eigenvalue weighted by atomic mass is 19.1. The van der Waals surface area contributed by atoms with Crippen molar-refractivity contribution in [2.75, 3.05) is 23.7 Å². The topological polar surface area (TPSA) is 124 Å². The quantitative estimate of drug-likeness (QED) is 0.532. The fourth-order valence-electron chi connectivity index (χ4n) is 4.79. The zero-order valence-corrected chi connectivity index (χ0v) is 16.1. The third-order valence-corrected chi connectivity index (χ3v) is 6.68. The highest BCUT2D eigenvalue weighted by molar-refractivity contribution is 5.98. The van der Waals surface area contributed by atoms with Crippen molar-refractivity contribution >= 4 is 28.4 Å². The predicted molar refractivity (Wildman–Crippen MR) is 106 cm³/mol. The number of hydrogen-bond acceptors (Lipinski definition) is 6. The van der Waals surface area contributed by atoms with Crippen molar-refractivity contribution < 1.29 is 19.0 Å². The van der Waals surface area contributed by atoms with Crippen molar-refractivity contribution in [3.63, 3.8) is 0 Å². The Hall–Kier alpha value is -2.81. The molecular weight excluding hydrogens is 379 g/mol. The number of aryl methyl sites for hydroxylation is 1. The fraction of sp³-hybridized carbons (Fsp3) is 0.500. The molecule has 1 atom stereocenters. The van der Waals surface area contributed by atoms with Gasteiger partial charge in [-0.25, -0.2) is 9.18 Å². The van der Waals surface area contributed by atoms with Crippen LogP contribution in [0.3, 0.4) is 0 Å². The fourth-order valence-corrected chi connectivity index (χ4v) is 4.79. The summed E-state index contributed by atoms with van der Waals surface area (Å²) in [6, 6.07) is 0.0801. The molecule has 1 aliphatic heterocycles. The van der Waals surface area contributed by atoms with Crippen LogP contribution in [0.5, 0.6) is 5.75 Å². The summed E-state index contributed by atoms with van der Waals surface area (Å²) in [5.41, 5.74) is 13.0. The van der Waals surface area contributed by atoms with Crippen molar-refractivity contribution in [1.29, 1.82) is 0 Å². The molecule has 1 aromatic heterocycles. The van der Waals surface area contributed by atoms with Crippen LogP contribution < -0.4 is 26.5 Å². The number of carboxylic acid groups (broad SMARTS) is 1. The minimum absolute atomic E-state index is 0.0183. The van der Waals surface area contributed by atoms with Crippen LogP contribution in [0, 0.1) is 18.2 Å². The summed E-state index contributed by atoms with van der Waals surface area (Å²) in [4.78, 5) is 25.9. The second kappa shape index (κ2) is 5.85. The van der Waals surface area contributed by atoms with Gasteiger partial charge in [0.05, 0.1) is 28.5 Å². The molecule has 5 rings (SSSR count). The number of aromatic nitrogens is 1. The SMILES string of the molecule is Cc1c(N2CC(N)C3(CC3)C2)c(F)c(N)c2c(=O)c(OC(=O)O)cn(C3CC3)c12. The number of rotatable bonds is 3. The molecule has 8 nitrogen and oxygen atoms in total. The number of nitrogen functional groups attached to an aromatic ring is 1. The standard InChI is InChI=1S/C20H23FN4O4/c1-9-16-13(18(26)11(29-19(27)28)6-25(16)10-2-3-10)15(23)14(21)17(9)24-7-12(22)20(8-24)4-5-20/h6,10,12H,2-5,7-8,22-23H2,1H3,(H,27,28). The molecule has 1 aromatic carbocycles. The van der Waals surface area contributed by atoms with E-state index in [9.17, 15) is 9.59 Å². The van der Waals surface area contributed by atoms with Crippen LogP contribution in [0.25, 0.3) is 10.9 Å². The largest absolute Gasteiger partial charge is 0.511 e. The summed E-state index contributed by atoms with van der Waals surface area (Å²) in [6.45, 7) is 2.99. The number of fused-ring (bicyclic) bond motifs is 1. The molecule has 3 aliphatic rings. The Morgan fingerprint density at radius 3 is 2.62 bits per heavy atom. The van der Waals surface area contributed by atoms with E-state index in [4.69, 9.17) is 16.6 Å². The zero-order valence-electron chi connectivity index (χ0n) is 16.1. The van der Waals surface area contributed by atoms with E-state index in [0.29, 0.717) is 29.9 Å². The molecule has 2 saturated carbocycles. The first kappa shape index (κ1) is 18.2. The van der Waals surface area contributed by atoms with Crippen LogP contribution >= 0.6 is 0 Å². The van der Waals surface area contributed by atoms with Gasteiger partial charge < -0.3 is 30.8 Å². The van der Waals surface area contributed by atoms with Gasteiger partial charge in [-0.15, -0.1) is 0 Å². The van der Waals surface area contributed by atoms with Crippen LogP contribution in [0.1, 0.15) is 37.3 Å². The van der Waals surface area contributed by atoms with Crippen molar-refractivity contribution in [3.05, 3.63) is 27.8 Å². The molecule has 2 heterocycles. The lowest BCUT2D eigenvalue weighted by molar-refractivity contribution is 0.143. The van der Waals surface area contributed by atoms with Gasteiger partial charge in [-0.1, -0.05) is 0 Å². The van der Waals surface area contributed by atoms with E-state index in [2.05, 4.69) is 4.74 Å².